The fourth-order valence-corrected chi connectivity index (χ4v) is 2.06. The normalized spacial score (nSPS) is 18.0. The molecular formula is C12H17N5O. The van der Waals surface area contributed by atoms with E-state index in [1.807, 2.05) is 13.8 Å². The third-order valence-electron chi connectivity index (χ3n) is 3.48. The van der Waals surface area contributed by atoms with Crippen molar-refractivity contribution in [2.45, 2.75) is 44.6 Å². The molecule has 3 rings (SSSR count). The van der Waals surface area contributed by atoms with Crippen LogP contribution in [0.15, 0.2) is 10.7 Å². The molecular weight excluding hydrogens is 230 g/mol. The molecule has 96 valence electrons. The van der Waals surface area contributed by atoms with Gasteiger partial charge < -0.3 is 15.2 Å². The van der Waals surface area contributed by atoms with Crippen LogP contribution in [-0.4, -0.2) is 20.1 Å². The van der Waals surface area contributed by atoms with Crippen LogP contribution in [0.5, 0.6) is 0 Å². The SMILES string of the molecule is CC(C)c1noc(-c2cnc(C3(N)CCC3)[nH]2)n1. The van der Waals surface area contributed by atoms with Crippen LogP contribution in [0, 0.1) is 0 Å². The van der Waals surface area contributed by atoms with E-state index in [9.17, 15) is 0 Å². The third-order valence-corrected chi connectivity index (χ3v) is 3.48. The van der Waals surface area contributed by atoms with E-state index < -0.39 is 0 Å². The lowest BCUT2D eigenvalue weighted by atomic mass is 9.77. The van der Waals surface area contributed by atoms with Gasteiger partial charge in [-0.15, -0.1) is 0 Å². The van der Waals surface area contributed by atoms with Gasteiger partial charge in [0, 0.05) is 5.92 Å². The van der Waals surface area contributed by atoms with Crippen LogP contribution in [-0.2, 0) is 5.54 Å². The fourth-order valence-electron chi connectivity index (χ4n) is 2.06. The zero-order valence-corrected chi connectivity index (χ0v) is 10.6. The summed E-state index contributed by atoms with van der Waals surface area (Å²) in [6, 6.07) is 0. The van der Waals surface area contributed by atoms with Gasteiger partial charge in [-0.3, -0.25) is 0 Å². The van der Waals surface area contributed by atoms with E-state index in [-0.39, 0.29) is 11.5 Å². The fraction of sp³-hybridized carbons (Fsp3) is 0.583. The molecule has 0 aliphatic heterocycles. The van der Waals surface area contributed by atoms with Gasteiger partial charge in [-0.25, -0.2) is 4.98 Å². The Morgan fingerprint density at radius 1 is 1.44 bits per heavy atom. The topological polar surface area (TPSA) is 93.6 Å². The van der Waals surface area contributed by atoms with Gasteiger partial charge in [-0.2, -0.15) is 4.98 Å². The molecule has 1 saturated carbocycles. The van der Waals surface area contributed by atoms with Crippen molar-refractivity contribution in [3.63, 3.8) is 0 Å². The summed E-state index contributed by atoms with van der Waals surface area (Å²) in [6.45, 7) is 4.05. The van der Waals surface area contributed by atoms with Gasteiger partial charge in [0.25, 0.3) is 5.89 Å². The first-order valence-corrected chi connectivity index (χ1v) is 6.27. The highest BCUT2D eigenvalue weighted by atomic mass is 16.5. The first-order chi connectivity index (χ1) is 8.58. The van der Waals surface area contributed by atoms with E-state index >= 15 is 0 Å². The number of imidazole rings is 1. The van der Waals surface area contributed by atoms with Gasteiger partial charge in [0.2, 0.25) is 0 Å². The largest absolute Gasteiger partial charge is 0.336 e. The Kier molecular flexibility index (Phi) is 2.48. The van der Waals surface area contributed by atoms with Crippen molar-refractivity contribution in [2.24, 2.45) is 5.73 Å². The number of rotatable bonds is 3. The Morgan fingerprint density at radius 2 is 2.22 bits per heavy atom. The van der Waals surface area contributed by atoms with Crippen molar-refractivity contribution in [3.8, 4) is 11.6 Å². The van der Waals surface area contributed by atoms with Gasteiger partial charge >= 0.3 is 0 Å². The zero-order valence-electron chi connectivity index (χ0n) is 10.6. The summed E-state index contributed by atoms with van der Waals surface area (Å²) in [7, 11) is 0. The minimum atomic E-state index is -0.293. The molecule has 0 unspecified atom stereocenters. The molecule has 1 aliphatic carbocycles. The van der Waals surface area contributed by atoms with Crippen molar-refractivity contribution >= 4 is 0 Å². The number of aromatic amines is 1. The van der Waals surface area contributed by atoms with Crippen LogP contribution in [0.2, 0.25) is 0 Å². The average Bonchev–Trinajstić information content (AvgIpc) is 2.94. The molecule has 2 aromatic heterocycles. The minimum Gasteiger partial charge on any atom is -0.336 e. The molecule has 1 aliphatic rings. The molecule has 0 saturated heterocycles. The zero-order chi connectivity index (χ0) is 12.8. The van der Waals surface area contributed by atoms with Crippen LogP contribution in [0.1, 0.15) is 50.7 Å². The summed E-state index contributed by atoms with van der Waals surface area (Å²) in [5.41, 5.74) is 6.65. The van der Waals surface area contributed by atoms with E-state index in [1.54, 1.807) is 6.20 Å². The summed E-state index contributed by atoms with van der Waals surface area (Å²) in [5, 5.41) is 3.93. The molecule has 0 aromatic carbocycles. The number of nitrogens with two attached hydrogens (primary N) is 1. The Labute approximate surface area is 105 Å². The van der Waals surface area contributed by atoms with E-state index in [1.165, 1.54) is 0 Å². The molecule has 6 heteroatoms. The van der Waals surface area contributed by atoms with Crippen LogP contribution < -0.4 is 5.73 Å². The van der Waals surface area contributed by atoms with Crippen LogP contribution >= 0.6 is 0 Å². The summed E-state index contributed by atoms with van der Waals surface area (Å²) >= 11 is 0. The predicted molar refractivity (Wildman–Crippen MR) is 65.7 cm³/mol. The van der Waals surface area contributed by atoms with Crippen molar-refractivity contribution < 1.29 is 4.52 Å². The first-order valence-electron chi connectivity index (χ1n) is 6.27. The summed E-state index contributed by atoms with van der Waals surface area (Å²) in [5.74, 6) is 2.23. The van der Waals surface area contributed by atoms with Crippen LogP contribution in [0.3, 0.4) is 0 Å². The molecule has 1 fully saturated rings. The van der Waals surface area contributed by atoms with Crippen LogP contribution in [0.25, 0.3) is 11.6 Å². The van der Waals surface area contributed by atoms with E-state index in [2.05, 4.69) is 20.1 Å². The predicted octanol–water partition coefficient (Wildman–Crippen LogP) is 1.92. The number of nitrogens with one attached hydrogen (secondary N) is 1. The molecule has 0 bridgehead atoms. The molecule has 6 nitrogen and oxygen atoms in total. The van der Waals surface area contributed by atoms with Gasteiger partial charge in [0.15, 0.2) is 5.82 Å². The maximum atomic E-state index is 6.21. The maximum Gasteiger partial charge on any atom is 0.275 e. The highest BCUT2D eigenvalue weighted by molar-refractivity contribution is 5.45. The number of aromatic nitrogens is 4. The second-order valence-electron chi connectivity index (χ2n) is 5.27. The molecule has 0 spiro atoms. The number of hydrogen-bond donors (Lipinski definition) is 2. The lowest BCUT2D eigenvalue weighted by Gasteiger charge is -2.35. The van der Waals surface area contributed by atoms with Crippen molar-refractivity contribution in [2.75, 3.05) is 0 Å². The molecule has 0 amide bonds. The number of hydrogen-bond acceptors (Lipinski definition) is 5. The van der Waals surface area contributed by atoms with E-state index in [0.29, 0.717) is 11.7 Å². The summed E-state index contributed by atoms with van der Waals surface area (Å²) in [4.78, 5) is 11.9. The minimum absolute atomic E-state index is 0.248. The second-order valence-corrected chi connectivity index (χ2v) is 5.27. The first kappa shape index (κ1) is 11.4. The van der Waals surface area contributed by atoms with Gasteiger partial charge in [-0.1, -0.05) is 19.0 Å². The summed E-state index contributed by atoms with van der Waals surface area (Å²) < 4.78 is 5.22. The molecule has 0 radical (unpaired) electrons. The Morgan fingerprint density at radius 3 is 2.78 bits per heavy atom. The standard InChI is InChI=1S/C12H17N5O/c1-7(2)9-16-10(18-17-9)8-6-14-11(15-8)12(13)4-3-5-12/h6-7H,3-5,13H2,1-2H3,(H,14,15). The Balaban J connectivity index is 1.88. The van der Waals surface area contributed by atoms with E-state index in [0.717, 1.165) is 30.8 Å². The summed E-state index contributed by atoms with van der Waals surface area (Å²) in [6.07, 6.45) is 4.81. The molecule has 0 atom stereocenters. The average molecular weight is 247 g/mol. The molecule has 2 aromatic rings. The lowest BCUT2D eigenvalue weighted by molar-refractivity contribution is 0.240. The maximum absolute atomic E-state index is 6.21. The monoisotopic (exact) mass is 247 g/mol. The Hall–Kier alpha value is -1.69. The lowest BCUT2D eigenvalue weighted by Crippen LogP contribution is -2.44. The van der Waals surface area contributed by atoms with Crippen molar-refractivity contribution in [1.82, 2.24) is 20.1 Å². The second kappa shape index (κ2) is 3.91. The highest BCUT2D eigenvalue weighted by Crippen LogP contribution is 2.37. The van der Waals surface area contributed by atoms with Gasteiger partial charge in [0.1, 0.15) is 11.5 Å². The molecule has 3 N–H and O–H groups in total. The van der Waals surface area contributed by atoms with Crippen molar-refractivity contribution in [3.05, 3.63) is 17.8 Å². The quantitative estimate of drug-likeness (QED) is 0.864. The molecule has 2 heterocycles. The highest BCUT2D eigenvalue weighted by Gasteiger charge is 2.37. The van der Waals surface area contributed by atoms with Crippen molar-refractivity contribution in [1.29, 1.82) is 0 Å². The van der Waals surface area contributed by atoms with Gasteiger partial charge in [0.05, 0.1) is 11.7 Å². The Bertz CT molecular complexity index is 552. The van der Waals surface area contributed by atoms with Gasteiger partial charge in [-0.05, 0) is 19.3 Å². The third kappa shape index (κ3) is 1.73. The van der Waals surface area contributed by atoms with Crippen LogP contribution in [0.4, 0.5) is 0 Å². The molecule has 18 heavy (non-hydrogen) atoms. The van der Waals surface area contributed by atoms with E-state index in [4.69, 9.17) is 10.3 Å². The smallest absolute Gasteiger partial charge is 0.275 e. The number of nitrogens with zero attached hydrogens (tertiary/aromatic N) is 3. The number of H-pyrrole nitrogens is 1.